The summed E-state index contributed by atoms with van der Waals surface area (Å²) >= 11 is 0. The van der Waals surface area contributed by atoms with Gasteiger partial charge in [0.25, 0.3) is 0 Å². The first kappa shape index (κ1) is 20.8. The highest BCUT2D eigenvalue weighted by molar-refractivity contribution is 5.79. The van der Waals surface area contributed by atoms with E-state index >= 15 is 0 Å². The lowest BCUT2D eigenvalue weighted by Gasteiger charge is -2.19. The van der Waals surface area contributed by atoms with E-state index in [0.29, 0.717) is 16.9 Å². The fourth-order valence-electron chi connectivity index (χ4n) is 3.94. The number of nitrogens with two attached hydrogens (primary N) is 1. The molecule has 0 spiro atoms. The van der Waals surface area contributed by atoms with Crippen LogP contribution < -0.4 is 11.1 Å². The summed E-state index contributed by atoms with van der Waals surface area (Å²) in [5.41, 5.74) is 11.4. The summed E-state index contributed by atoms with van der Waals surface area (Å²) in [5, 5.41) is 23.1. The molecule has 1 aromatic heterocycles. The van der Waals surface area contributed by atoms with Crippen molar-refractivity contribution >= 4 is 11.9 Å². The molecule has 31 heavy (non-hydrogen) atoms. The maximum absolute atomic E-state index is 12.2. The molecule has 2 aromatic carbocycles. The van der Waals surface area contributed by atoms with Gasteiger partial charge in [-0.3, -0.25) is 0 Å². The number of amides is 1. The Morgan fingerprint density at radius 3 is 2.35 bits per heavy atom. The molecule has 1 aliphatic rings. The van der Waals surface area contributed by atoms with Crippen molar-refractivity contribution < 1.29 is 19.7 Å². The number of hydrogen-bond donors (Lipinski definition) is 4. The van der Waals surface area contributed by atoms with Crippen LogP contribution in [0.3, 0.4) is 0 Å². The molecule has 4 rings (SSSR count). The Kier molecular flexibility index (Phi) is 5.88. The Balaban J connectivity index is 1.34. The molecule has 7 nitrogen and oxygen atoms in total. The quantitative estimate of drug-likeness (QED) is 0.488. The topological polar surface area (TPSA) is 118 Å². The van der Waals surface area contributed by atoms with Gasteiger partial charge in [-0.15, -0.1) is 0 Å². The molecule has 0 fully saturated rings. The number of benzene rings is 2. The van der Waals surface area contributed by atoms with Crippen LogP contribution in [0.25, 0.3) is 11.1 Å². The second-order valence-corrected chi connectivity index (χ2v) is 7.69. The number of hydrogen-bond acceptors (Lipinski definition) is 6. The Labute approximate surface area is 180 Å². The van der Waals surface area contributed by atoms with E-state index < -0.39 is 18.3 Å². The molecular formula is C24H25N3O4. The summed E-state index contributed by atoms with van der Waals surface area (Å²) in [6, 6.07) is 17.8. The van der Waals surface area contributed by atoms with E-state index in [2.05, 4.69) is 22.4 Å². The number of carbonyl (C=O) groups is 1. The van der Waals surface area contributed by atoms with Gasteiger partial charge in [0.05, 0.1) is 0 Å². The number of nitrogen functional groups attached to an aromatic ring is 1. The fraction of sp³-hybridized carbons (Fsp3) is 0.250. The van der Waals surface area contributed by atoms with Crippen molar-refractivity contribution in [2.24, 2.45) is 0 Å². The molecule has 160 valence electrons. The van der Waals surface area contributed by atoms with Crippen LogP contribution in [-0.2, 0) is 4.74 Å². The number of rotatable bonds is 6. The minimum Gasteiger partial charge on any atom is -0.449 e. The number of nitrogens with zero attached hydrogens (tertiary/aromatic N) is 1. The molecule has 0 saturated carbocycles. The molecule has 5 N–H and O–H groups in total. The normalized spacial score (nSPS) is 14.4. The molecule has 2 atom stereocenters. The van der Waals surface area contributed by atoms with Crippen LogP contribution in [-0.4, -0.2) is 40.5 Å². The van der Waals surface area contributed by atoms with E-state index in [0.717, 1.165) is 22.3 Å². The number of alkyl carbamates (subject to hydrolysis) is 1. The predicted octanol–water partition coefficient (Wildman–Crippen LogP) is 2.91. The van der Waals surface area contributed by atoms with E-state index in [9.17, 15) is 15.0 Å². The minimum atomic E-state index is -1.22. The number of aliphatic hydroxyl groups is 2. The largest absolute Gasteiger partial charge is 0.449 e. The van der Waals surface area contributed by atoms with E-state index in [1.54, 1.807) is 13.0 Å². The van der Waals surface area contributed by atoms with Gasteiger partial charge in [-0.1, -0.05) is 48.5 Å². The van der Waals surface area contributed by atoms with Crippen molar-refractivity contribution in [3.8, 4) is 11.1 Å². The maximum Gasteiger partial charge on any atom is 0.407 e. The van der Waals surface area contributed by atoms with Crippen molar-refractivity contribution in [2.75, 3.05) is 18.9 Å². The van der Waals surface area contributed by atoms with Crippen LogP contribution in [0, 0.1) is 6.92 Å². The fourth-order valence-corrected chi connectivity index (χ4v) is 3.94. The van der Waals surface area contributed by atoms with Gasteiger partial charge in [0, 0.05) is 24.2 Å². The third-order valence-corrected chi connectivity index (χ3v) is 5.65. The van der Waals surface area contributed by atoms with Crippen molar-refractivity contribution in [3.63, 3.8) is 0 Å². The molecule has 0 aliphatic heterocycles. The predicted molar refractivity (Wildman–Crippen MR) is 117 cm³/mol. The molecule has 1 amide bonds. The number of anilines is 1. The number of carbonyl (C=O) groups excluding carboxylic acids is 1. The lowest BCUT2D eigenvalue weighted by atomic mass is 9.98. The number of nitrogens with one attached hydrogen (secondary N) is 1. The van der Waals surface area contributed by atoms with Crippen molar-refractivity contribution in [1.29, 1.82) is 0 Å². The summed E-state index contributed by atoms with van der Waals surface area (Å²) in [6.45, 7) is 1.78. The summed E-state index contributed by atoms with van der Waals surface area (Å²) in [7, 11) is 0. The molecule has 3 aromatic rings. The van der Waals surface area contributed by atoms with Gasteiger partial charge in [0.2, 0.25) is 0 Å². The molecule has 2 unspecified atom stereocenters. The van der Waals surface area contributed by atoms with E-state index in [4.69, 9.17) is 10.5 Å². The molecule has 0 radical (unpaired) electrons. The van der Waals surface area contributed by atoms with Gasteiger partial charge in [-0.25, -0.2) is 9.78 Å². The Bertz CT molecular complexity index is 1060. The van der Waals surface area contributed by atoms with Crippen LogP contribution in [0.5, 0.6) is 0 Å². The minimum absolute atomic E-state index is 0.0440. The summed E-state index contributed by atoms with van der Waals surface area (Å²) in [5.74, 6) is 0.319. The third kappa shape index (κ3) is 4.23. The monoisotopic (exact) mass is 419 g/mol. The lowest BCUT2D eigenvalue weighted by molar-refractivity contribution is 0.0183. The highest BCUT2D eigenvalue weighted by Crippen LogP contribution is 2.44. The molecule has 0 bridgehead atoms. The zero-order chi connectivity index (χ0) is 22.0. The number of aryl methyl sites for hydroxylation is 1. The summed E-state index contributed by atoms with van der Waals surface area (Å²) < 4.78 is 5.44. The average molecular weight is 419 g/mol. The van der Waals surface area contributed by atoms with Gasteiger partial charge in [-0.2, -0.15) is 0 Å². The molecule has 0 saturated heterocycles. The van der Waals surface area contributed by atoms with Gasteiger partial charge in [-0.05, 0) is 40.8 Å². The Hall–Kier alpha value is -3.42. The van der Waals surface area contributed by atoms with Crippen LogP contribution in [0.1, 0.15) is 34.3 Å². The number of pyridine rings is 1. The van der Waals surface area contributed by atoms with Crippen molar-refractivity contribution in [2.45, 2.75) is 25.0 Å². The van der Waals surface area contributed by atoms with Gasteiger partial charge >= 0.3 is 6.09 Å². The Morgan fingerprint density at radius 1 is 1.13 bits per heavy atom. The van der Waals surface area contributed by atoms with Crippen LogP contribution >= 0.6 is 0 Å². The van der Waals surface area contributed by atoms with Crippen LogP contribution in [0.2, 0.25) is 0 Å². The van der Waals surface area contributed by atoms with E-state index in [-0.39, 0.29) is 19.1 Å². The van der Waals surface area contributed by atoms with Gasteiger partial charge in [0.15, 0.2) is 0 Å². The van der Waals surface area contributed by atoms with Crippen LogP contribution in [0.4, 0.5) is 10.6 Å². The maximum atomic E-state index is 12.2. The average Bonchev–Trinajstić information content (AvgIpc) is 3.11. The SMILES string of the molecule is Cc1cc(C(O)C(O)CNC(=O)OCC2c3ccccc3-c3ccccc32)cnc1N. The van der Waals surface area contributed by atoms with E-state index in [1.165, 1.54) is 6.20 Å². The van der Waals surface area contributed by atoms with E-state index in [1.807, 2.05) is 36.4 Å². The first-order valence-electron chi connectivity index (χ1n) is 10.1. The van der Waals surface area contributed by atoms with Gasteiger partial charge < -0.3 is 26.0 Å². The second kappa shape index (κ2) is 8.75. The third-order valence-electron chi connectivity index (χ3n) is 5.65. The Morgan fingerprint density at radius 2 is 1.74 bits per heavy atom. The highest BCUT2D eigenvalue weighted by atomic mass is 16.5. The smallest absolute Gasteiger partial charge is 0.407 e. The lowest BCUT2D eigenvalue weighted by Crippen LogP contribution is -2.36. The molecular weight excluding hydrogens is 394 g/mol. The van der Waals surface area contributed by atoms with Gasteiger partial charge in [0.1, 0.15) is 24.6 Å². The first-order chi connectivity index (χ1) is 15.0. The zero-order valence-electron chi connectivity index (χ0n) is 17.2. The summed E-state index contributed by atoms with van der Waals surface area (Å²) in [6.07, 6.45) is -1.67. The zero-order valence-corrected chi connectivity index (χ0v) is 17.2. The molecule has 1 aliphatic carbocycles. The molecule has 1 heterocycles. The second-order valence-electron chi connectivity index (χ2n) is 7.69. The van der Waals surface area contributed by atoms with Crippen LogP contribution in [0.15, 0.2) is 60.8 Å². The highest BCUT2D eigenvalue weighted by Gasteiger charge is 2.29. The number of ether oxygens (including phenoxy) is 1. The van der Waals surface area contributed by atoms with Crippen molar-refractivity contribution in [3.05, 3.63) is 83.0 Å². The standard InChI is InChI=1S/C24H25N3O4/c1-14-10-15(11-26-23(14)25)22(29)21(28)12-27-24(30)31-13-20-18-8-4-2-6-16(18)17-7-3-5-9-19(17)20/h2-11,20-22,28-29H,12-13H2,1H3,(H2,25,26)(H,27,30). The number of fused-ring (bicyclic) bond motifs is 3. The summed E-state index contributed by atoms with van der Waals surface area (Å²) in [4.78, 5) is 16.2. The molecule has 7 heteroatoms. The number of aliphatic hydroxyl groups excluding tert-OH is 2. The first-order valence-corrected chi connectivity index (χ1v) is 10.1. The number of aromatic nitrogens is 1. The van der Waals surface area contributed by atoms with Crippen molar-refractivity contribution in [1.82, 2.24) is 10.3 Å².